The molecule has 0 aliphatic rings. The molecule has 0 atom stereocenters. The molecule has 1 aromatic carbocycles. The van der Waals surface area contributed by atoms with Crippen LogP contribution in [0.25, 0.3) is 5.69 Å². The third kappa shape index (κ3) is 4.86. The Morgan fingerprint density at radius 1 is 1.24 bits per heavy atom. The number of rotatable bonds is 9. The number of aryl methyl sites for hydroxylation is 2. The first kappa shape index (κ1) is 20.2. The van der Waals surface area contributed by atoms with Crippen molar-refractivity contribution in [1.29, 1.82) is 5.26 Å². The van der Waals surface area contributed by atoms with E-state index in [0.717, 1.165) is 17.0 Å². The van der Waals surface area contributed by atoms with Crippen molar-refractivity contribution in [2.75, 3.05) is 20.5 Å². The number of esters is 1. The van der Waals surface area contributed by atoms with Gasteiger partial charge in [-0.3, -0.25) is 0 Å². The number of methoxy groups -OCH3 is 1. The number of benzene rings is 1. The normalized spacial score (nSPS) is 10.5. The van der Waals surface area contributed by atoms with Crippen molar-refractivity contribution >= 4 is 5.97 Å². The molecule has 0 fully saturated rings. The average Bonchev–Trinajstić information content (AvgIpc) is 3.40. The van der Waals surface area contributed by atoms with E-state index in [2.05, 4.69) is 6.07 Å². The zero-order valence-corrected chi connectivity index (χ0v) is 16.4. The molecular weight excluding hydrogens is 372 g/mol. The lowest BCUT2D eigenvalue weighted by atomic mass is 10.1. The maximum atomic E-state index is 12.2. The summed E-state index contributed by atoms with van der Waals surface area (Å²) in [4.78, 5) is 12.2. The van der Waals surface area contributed by atoms with Gasteiger partial charge in [0.05, 0.1) is 18.4 Å². The fraction of sp³-hybridized carbons (Fsp3) is 0.273. The van der Waals surface area contributed by atoms with Crippen molar-refractivity contribution in [1.82, 2.24) is 4.57 Å². The molecule has 0 amide bonds. The summed E-state index contributed by atoms with van der Waals surface area (Å²) in [5, 5.41) is 9.49. The van der Waals surface area contributed by atoms with Crippen molar-refractivity contribution in [2.24, 2.45) is 0 Å². The summed E-state index contributed by atoms with van der Waals surface area (Å²) in [5.41, 5.74) is 2.58. The first-order valence-corrected chi connectivity index (χ1v) is 9.23. The van der Waals surface area contributed by atoms with Crippen LogP contribution in [-0.4, -0.2) is 31.0 Å². The Hall–Kier alpha value is -3.50. The van der Waals surface area contributed by atoms with E-state index in [1.165, 1.54) is 7.11 Å². The number of furan rings is 1. The zero-order chi connectivity index (χ0) is 20.6. The van der Waals surface area contributed by atoms with Crippen molar-refractivity contribution < 1.29 is 23.4 Å². The molecule has 0 saturated carbocycles. The molecule has 0 aliphatic carbocycles. The summed E-state index contributed by atoms with van der Waals surface area (Å²) in [6.45, 7) is 2.02. The molecule has 29 heavy (non-hydrogen) atoms. The van der Waals surface area contributed by atoms with Gasteiger partial charge in [0.15, 0.2) is 6.79 Å². The maximum Gasteiger partial charge on any atom is 0.341 e. The van der Waals surface area contributed by atoms with Gasteiger partial charge in [-0.2, -0.15) is 5.26 Å². The molecule has 0 saturated heterocycles. The van der Waals surface area contributed by atoms with Crippen LogP contribution in [0.3, 0.4) is 0 Å². The van der Waals surface area contributed by atoms with Crippen molar-refractivity contribution in [3.8, 4) is 17.5 Å². The summed E-state index contributed by atoms with van der Waals surface area (Å²) >= 11 is 0. The number of nitrogens with zero attached hydrogens (tertiary/aromatic N) is 2. The number of hydrogen-bond donors (Lipinski definition) is 0. The molecule has 0 N–H and O–H groups in total. The molecular formula is C22H22N2O5. The van der Waals surface area contributed by atoms with Crippen molar-refractivity contribution in [3.63, 3.8) is 0 Å². The van der Waals surface area contributed by atoms with Crippen LogP contribution in [0.4, 0.5) is 0 Å². The lowest BCUT2D eigenvalue weighted by molar-refractivity contribution is 0.0438. The second kappa shape index (κ2) is 9.62. The van der Waals surface area contributed by atoms with E-state index in [-0.39, 0.29) is 13.4 Å². The zero-order valence-electron chi connectivity index (χ0n) is 16.4. The summed E-state index contributed by atoms with van der Waals surface area (Å²) in [5.74, 6) is 0.761. The maximum absolute atomic E-state index is 12.2. The van der Waals surface area contributed by atoms with E-state index in [1.54, 1.807) is 37.6 Å². The topological polar surface area (TPSA) is 86.6 Å². The third-order valence-electron chi connectivity index (χ3n) is 4.34. The Kier molecular flexibility index (Phi) is 6.72. The number of carbonyl (C=O) groups is 1. The van der Waals surface area contributed by atoms with E-state index >= 15 is 0 Å². The van der Waals surface area contributed by atoms with Crippen LogP contribution < -0.4 is 4.74 Å². The van der Waals surface area contributed by atoms with Gasteiger partial charge >= 0.3 is 5.97 Å². The van der Waals surface area contributed by atoms with Crippen molar-refractivity contribution in [3.05, 3.63) is 71.4 Å². The molecule has 0 bridgehead atoms. The van der Waals surface area contributed by atoms with Crippen LogP contribution >= 0.6 is 0 Å². The molecule has 0 unspecified atom stereocenters. The molecule has 150 valence electrons. The van der Waals surface area contributed by atoms with E-state index in [4.69, 9.17) is 18.6 Å². The second-order valence-electron chi connectivity index (χ2n) is 6.25. The molecule has 3 rings (SSSR count). The van der Waals surface area contributed by atoms with Crippen molar-refractivity contribution in [2.45, 2.75) is 19.8 Å². The van der Waals surface area contributed by atoms with Crippen LogP contribution in [0.2, 0.25) is 0 Å². The fourth-order valence-electron chi connectivity index (χ4n) is 2.95. The predicted octanol–water partition coefficient (Wildman–Crippen LogP) is 3.89. The van der Waals surface area contributed by atoms with Gasteiger partial charge in [0.1, 0.15) is 23.1 Å². The second-order valence-corrected chi connectivity index (χ2v) is 6.25. The third-order valence-corrected chi connectivity index (χ3v) is 4.34. The minimum atomic E-state index is -0.463. The summed E-state index contributed by atoms with van der Waals surface area (Å²) < 4.78 is 22.8. The van der Waals surface area contributed by atoms with E-state index in [9.17, 15) is 10.1 Å². The lowest BCUT2D eigenvalue weighted by Crippen LogP contribution is -2.10. The standard InChI is InChI=1S/C22H22N2O5/c1-3-27-22(25)20-9-7-18(11-21(20)29-15-26-2)24-13-16(17(12-23)14-24)6-8-19-5-4-10-28-19/h4-5,7,9-11,13-14H,3,6,8,15H2,1-2H3. The fourth-order valence-corrected chi connectivity index (χ4v) is 2.95. The molecule has 0 spiro atoms. The van der Waals surface area contributed by atoms with Gasteiger partial charge < -0.3 is 23.2 Å². The number of ether oxygens (including phenoxy) is 3. The monoisotopic (exact) mass is 394 g/mol. The highest BCUT2D eigenvalue weighted by Gasteiger charge is 2.16. The number of aromatic nitrogens is 1. The highest BCUT2D eigenvalue weighted by Crippen LogP contribution is 2.26. The summed E-state index contributed by atoms with van der Waals surface area (Å²) in [6.07, 6.45) is 6.68. The minimum absolute atomic E-state index is 0.000616. The Balaban J connectivity index is 1.88. The van der Waals surface area contributed by atoms with Gasteiger partial charge in [0.2, 0.25) is 0 Å². The lowest BCUT2D eigenvalue weighted by Gasteiger charge is -2.12. The van der Waals surface area contributed by atoms with E-state index in [0.29, 0.717) is 29.7 Å². The predicted molar refractivity (Wildman–Crippen MR) is 105 cm³/mol. The number of hydrogen-bond acceptors (Lipinski definition) is 6. The Morgan fingerprint density at radius 3 is 2.79 bits per heavy atom. The molecule has 2 heterocycles. The van der Waals surface area contributed by atoms with Crippen LogP contribution in [0.1, 0.15) is 34.2 Å². The largest absolute Gasteiger partial charge is 0.469 e. The SMILES string of the molecule is CCOC(=O)c1ccc(-n2cc(C#N)c(CCc3ccco3)c2)cc1OCOC. The molecule has 3 aromatic rings. The van der Waals surface area contributed by atoms with Crippen LogP contribution in [0.15, 0.2) is 53.4 Å². The van der Waals surface area contributed by atoms with Crippen LogP contribution in [0, 0.1) is 11.3 Å². The van der Waals surface area contributed by atoms with Gasteiger partial charge in [-0.25, -0.2) is 4.79 Å². The molecule has 7 heteroatoms. The van der Waals surface area contributed by atoms with Gasteiger partial charge in [0.25, 0.3) is 0 Å². The summed E-state index contributed by atoms with van der Waals surface area (Å²) in [6, 6.07) is 11.1. The smallest absolute Gasteiger partial charge is 0.341 e. The van der Waals surface area contributed by atoms with Gasteiger partial charge in [-0.15, -0.1) is 0 Å². The Labute approximate surface area is 169 Å². The number of nitriles is 1. The van der Waals surface area contributed by atoms with Gasteiger partial charge in [-0.05, 0) is 43.2 Å². The first-order chi connectivity index (χ1) is 14.2. The quantitative estimate of drug-likeness (QED) is 0.404. The highest BCUT2D eigenvalue weighted by molar-refractivity contribution is 5.92. The van der Waals surface area contributed by atoms with Gasteiger partial charge in [0, 0.05) is 37.7 Å². The Morgan fingerprint density at radius 2 is 2.10 bits per heavy atom. The molecule has 2 aromatic heterocycles. The Bertz CT molecular complexity index is 999. The molecule has 0 aliphatic heterocycles. The van der Waals surface area contributed by atoms with E-state index < -0.39 is 5.97 Å². The van der Waals surface area contributed by atoms with E-state index in [1.807, 2.05) is 22.9 Å². The first-order valence-electron chi connectivity index (χ1n) is 9.23. The average molecular weight is 394 g/mol. The molecule has 7 nitrogen and oxygen atoms in total. The highest BCUT2D eigenvalue weighted by atomic mass is 16.7. The van der Waals surface area contributed by atoms with Crippen LogP contribution in [-0.2, 0) is 22.3 Å². The molecule has 0 radical (unpaired) electrons. The number of carbonyl (C=O) groups excluding carboxylic acids is 1. The van der Waals surface area contributed by atoms with Gasteiger partial charge in [-0.1, -0.05) is 0 Å². The minimum Gasteiger partial charge on any atom is -0.469 e. The van der Waals surface area contributed by atoms with Crippen LogP contribution in [0.5, 0.6) is 5.75 Å². The summed E-state index contributed by atoms with van der Waals surface area (Å²) in [7, 11) is 1.50.